The number of fused-ring (bicyclic) bond motifs is 3. The summed E-state index contributed by atoms with van der Waals surface area (Å²) in [7, 11) is 0. The maximum atomic E-state index is 13.3. The van der Waals surface area contributed by atoms with Gasteiger partial charge < -0.3 is 5.32 Å². The Morgan fingerprint density at radius 1 is 1.06 bits per heavy atom. The molecule has 1 aromatic heterocycles. The van der Waals surface area contributed by atoms with Crippen LogP contribution in [0.2, 0.25) is 15.2 Å². The molecule has 1 saturated heterocycles. The van der Waals surface area contributed by atoms with Crippen LogP contribution < -0.4 is 10.2 Å². The van der Waals surface area contributed by atoms with Crippen LogP contribution in [0.5, 0.6) is 0 Å². The summed E-state index contributed by atoms with van der Waals surface area (Å²) in [6.07, 6.45) is 6.83. The molecule has 5 rings (SSSR count). The van der Waals surface area contributed by atoms with Gasteiger partial charge in [0.25, 0.3) is 0 Å². The van der Waals surface area contributed by atoms with Crippen LogP contribution >= 0.6 is 34.8 Å². The molecule has 0 bridgehead atoms. The molecule has 1 fully saturated rings. The number of rotatable bonds is 5. The van der Waals surface area contributed by atoms with E-state index in [1.165, 1.54) is 0 Å². The lowest BCUT2D eigenvalue weighted by Crippen LogP contribution is -2.50. The second kappa shape index (κ2) is 10.6. The average molecular weight is 528 g/mol. The van der Waals surface area contributed by atoms with Crippen molar-refractivity contribution in [2.45, 2.75) is 24.9 Å². The zero-order valence-corrected chi connectivity index (χ0v) is 21.3. The first-order valence-electron chi connectivity index (χ1n) is 11.6. The van der Waals surface area contributed by atoms with Crippen LogP contribution in [0.25, 0.3) is 6.08 Å². The Labute approximate surface area is 220 Å². The minimum atomic E-state index is -0.106. The maximum absolute atomic E-state index is 13.3. The molecular weight excluding hydrogens is 503 g/mol. The predicted octanol–water partition coefficient (Wildman–Crippen LogP) is 6.64. The fourth-order valence-corrected chi connectivity index (χ4v) is 5.50. The summed E-state index contributed by atoms with van der Waals surface area (Å²) in [5, 5.41) is 4.90. The van der Waals surface area contributed by atoms with Crippen LogP contribution in [0, 0.1) is 0 Å². The summed E-state index contributed by atoms with van der Waals surface area (Å²) in [5.74, 6) is 0.211. The molecule has 2 atom stereocenters. The Balaban J connectivity index is 1.29. The van der Waals surface area contributed by atoms with Crippen molar-refractivity contribution < 1.29 is 4.79 Å². The Hall–Kier alpha value is -2.57. The van der Waals surface area contributed by atoms with Gasteiger partial charge in [0.15, 0.2) is 0 Å². The number of benzene rings is 2. The Bertz CT molecular complexity index is 1250. The normalized spacial score (nSPS) is 19.6. The topological polar surface area (TPSA) is 48.5 Å². The summed E-state index contributed by atoms with van der Waals surface area (Å²) in [6, 6.07) is 17.2. The standard InChI is InChI=1S/C27H25Cl3N4O/c28-20-5-3-18(4-6-20)2-1-12-33-13-10-25-23(17-33)22-15-21(29)7-8-24(22)34(25)27(35)32-16-19-9-11-31-26(30)14-19/h1-9,11,14-15,23,25H,10,12-13,16-17H2,(H,32,35). The maximum Gasteiger partial charge on any atom is 0.322 e. The smallest absolute Gasteiger partial charge is 0.322 e. The first-order valence-corrected chi connectivity index (χ1v) is 12.7. The SMILES string of the molecule is O=C(NCc1ccnc(Cl)c1)N1c2ccc(Cl)cc2C2CN(CC=Cc3ccc(Cl)cc3)CCC21. The lowest BCUT2D eigenvalue weighted by Gasteiger charge is -2.37. The molecule has 0 spiro atoms. The molecule has 1 N–H and O–H groups in total. The van der Waals surface area contributed by atoms with E-state index in [9.17, 15) is 4.79 Å². The molecular formula is C27H25Cl3N4O. The van der Waals surface area contributed by atoms with E-state index in [2.05, 4.69) is 27.4 Å². The van der Waals surface area contributed by atoms with Crippen molar-refractivity contribution in [3.8, 4) is 0 Å². The zero-order chi connectivity index (χ0) is 24.4. The number of carbonyl (C=O) groups is 1. The number of piperidine rings is 1. The molecule has 8 heteroatoms. The molecule has 3 heterocycles. The van der Waals surface area contributed by atoms with E-state index in [0.717, 1.165) is 53.5 Å². The quantitative estimate of drug-likeness (QED) is 0.378. The molecule has 2 aliphatic heterocycles. The van der Waals surface area contributed by atoms with Gasteiger partial charge in [-0.15, -0.1) is 0 Å². The van der Waals surface area contributed by atoms with E-state index in [-0.39, 0.29) is 18.0 Å². The van der Waals surface area contributed by atoms with Crippen LogP contribution in [0.1, 0.15) is 29.0 Å². The zero-order valence-electron chi connectivity index (χ0n) is 19.0. The highest BCUT2D eigenvalue weighted by Gasteiger charge is 2.44. The van der Waals surface area contributed by atoms with Crippen LogP contribution in [0.4, 0.5) is 10.5 Å². The largest absolute Gasteiger partial charge is 0.334 e. The third-order valence-corrected chi connectivity index (χ3v) is 7.33. The fourth-order valence-electron chi connectivity index (χ4n) is 5.00. The van der Waals surface area contributed by atoms with E-state index in [0.29, 0.717) is 16.7 Å². The lowest BCUT2D eigenvalue weighted by molar-refractivity contribution is 0.205. The van der Waals surface area contributed by atoms with Crippen LogP contribution in [-0.4, -0.2) is 41.6 Å². The average Bonchev–Trinajstić information content (AvgIpc) is 3.17. The second-order valence-electron chi connectivity index (χ2n) is 8.89. The molecule has 180 valence electrons. The number of pyridine rings is 1. The molecule has 5 nitrogen and oxygen atoms in total. The minimum Gasteiger partial charge on any atom is -0.334 e. The van der Waals surface area contributed by atoms with E-state index >= 15 is 0 Å². The Morgan fingerprint density at radius 2 is 1.86 bits per heavy atom. The number of anilines is 1. The van der Waals surface area contributed by atoms with Gasteiger partial charge in [-0.2, -0.15) is 0 Å². The second-order valence-corrected chi connectivity index (χ2v) is 10.2. The number of nitrogens with zero attached hydrogens (tertiary/aromatic N) is 3. The highest BCUT2D eigenvalue weighted by Crippen LogP contribution is 2.45. The highest BCUT2D eigenvalue weighted by atomic mass is 35.5. The number of carbonyl (C=O) groups excluding carboxylic acids is 1. The van der Waals surface area contributed by atoms with E-state index in [1.54, 1.807) is 12.3 Å². The van der Waals surface area contributed by atoms with Crippen molar-refractivity contribution in [2.75, 3.05) is 24.5 Å². The molecule has 3 aromatic rings. The van der Waals surface area contributed by atoms with Gasteiger partial charge in [-0.05, 0) is 65.6 Å². The molecule has 0 aliphatic carbocycles. The first kappa shape index (κ1) is 24.1. The van der Waals surface area contributed by atoms with Crippen molar-refractivity contribution in [3.05, 3.63) is 98.8 Å². The van der Waals surface area contributed by atoms with Crippen molar-refractivity contribution in [1.29, 1.82) is 0 Å². The molecule has 2 aromatic carbocycles. The van der Waals surface area contributed by atoms with Crippen LogP contribution in [0.3, 0.4) is 0 Å². The van der Waals surface area contributed by atoms with Gasteiger partial charge in [-0.3, -0.25) is 9.80 Å². The molecule has 2 amide bonds. The third-order valence-electron chi connectivity index (χ3n) is 6.64. The van der Waals surface area contributed by atoms with Crippen molar-refractivity contribution in [1.82, 2.24) is 15.2 Å². The van der Waals surface area contributed by atoms with Crippen LogP contribution in [0.15, 0.2) is 66.9 Å². The summed E-state index contributed by atoms with van der Waals surface area (Å²) in [4.78, 5) is 21.7. The van der Waals surface area contributed by atoms with Gasteiger partial charge in [-0.1, -0.05) is 59.1 Å². The van der Waals surface area contributed by atoms with Crippen molar-refractivity contribution >= 4 is 52.6 Å². The Kier molecular flexibility index (Phi) is 7.30. The molecule has 0 radical (unpaired) electrons. The van der Waals surface area contributed by atoms with Crippen molar-refractivity contribution in [3.63, 3.8) is 0 Å². The van der Waals surface area contributed by atoms with Crippen molar-refractivity contribution in [2.24, 2.45) is 0 Å². The van der Waals surface area contributed by atoms with Crippen LogP contribution in [-0.2, 0) is 6.54 Å². The number of urea groups is 1. The van der Waals surface area contributed by atoms with Gasteiger partial charge >= 0.3 is 6.03 Å². The lowest BCUT2D eigenvalue weighted by atomic mass is 9.89. The fraction of sp³-hybridized carbons (Fsp3) is 0.259. The van der Waals surface area contributed by atoms with Gasteiger partial charge in [0, 0.05) is 60.1 Å². The Morgan fingerprint density at radius 3 is 2.66 bits per heavy atom. The minimum absolute atomic E-state index is 0.0981. The monoisotopic (exact) mass is 526 g/mol. The predicted molar refractivity (Wildman–Crippen MR) is 143 cm³/mol. The van der Waals surface area contributed by atoms with E-state index in [1.807, 2.05) is 53.4 Å². The third kappa shape index (κ3) is 5.49. The number of amides is 2. The summed E-state index contributed by atoms with van der Waals surface area (Å²) < 4.78 is 0. The number of nitrogens with one attached hydrogen (secondary N) is 1. The number of hydrogen-bond acceptors (Lipinski definition) is 3. The molecule has 2 unspecified atom stereocenters. The summed E-state index contributed by atoms with van der Waals surface area (Å²) in [6.45, 7) is 3.01. The van der Waals surface area contributed by atoms with E-state index < -0.39 is 0 Å². The number of likely N-dealkylation sites (tertiary alicyclic amines) is 1. The number of halogens is 3. The first-order chi connectivity index (χ1) is 17.0. The molecule has 2 aliphatic rings. The number of hydrogen-bond donors (Lipinski definition) is 1. The van der Waals surface area contributed by atoms with Gasteiger partial charge in [-0.25, -0.2) is 9.78 Å². The summed E-state index contributed by atoms with van der Waals surface area (Å²) in [5.41, 5.74) is 4.11. The molecule has 35 heavy (non-hydrogen) atoms. The number of aromatic nitrogens is 1. The van der Waals surface area contributed by atoms with Gasteiger partial charge in [0.2, 0.25) is 0 Å². The van der Waals surface area contributed by atoms with E-state index in [4.69, 9.17) is 34.8 Å². The van der Waals surface area contributed by atoms with Gasteiger partial charge in [0.05, 0.1) is 0 Å². The van der Waals surface area contributed by atoms with Gasteiger partial charge in [0.1, 0.15) is 5.15 Å². The highest BCUT2D eigenvalue weighted by molar-refractivity contribution is 6.31. The summed E-state index contributed by atoms with van der Waals surface area (Å²) >= 11 is 18.3. The molecule has 0 saturated carbocycles.